The Hall–Kier alpha value is -1.78. The Morgan fingerprint density at radius 1 is 1.15 bits per heavy atom. The van der Waals surface area contributed by atoms with Crippen LogP contribution in [0, 0.1) is 13.8 Å². The summed E-state index contributed by atoms with van der Waals surface area (Å²) in [5.74, 6) is 0.563. The van der Waals surface area contributed by atoms with Gasteiger partial charge in [-0.25, -0.2) is 0 Å². The molecule has 1 amide bonds. The third kappa shape index (κ3) is 5.91. The lowest BCUT2D eigenvalue weighted by molar-refractivity contribution is -0.137. The predicted molar refractivity (Wildman–Crippen MR) is 75.9 cm³/mol. The van der Waals surface area contributed by atoms with Gasteiger partial charge in [-0.3, -0.25) is 9.59 Å². The maximum Gasteiger partial charge on any atom is 0.303 e. The largest absolute Gasteiger partial charge is 0.481 e. The average molecular weight is 281 g/mol. The van der Waals surface area contributed by atoms with Gasteiger partial charge in [-0.05, 0) is 32.8 Å². The molecule has 0 atom stereocenters. The fraction of sp³-hybridized carbons (Fsp3) is 0.600. The quantitative estimate of drug-likeness (QED) is 0.682. The smallest absolute Gasteiger partial charge is 0.303 e. The monoisotopic (exact) mass is 281 g/mol. The molecule has 0 saturated carbocycles. The second kappa shape index (κ2) is 8.40. The molecule has 0 radical (unpaired) electrons. The van der Waals surface area contributed by atoms with Crippen LogP contribution in [0.4, 0.5) is 0 Å². The summed E-state index contributed by atoms with van der Waals surface area (Å²) < 4.78 is 5.32. The Bertz CT molecular complexity index is 451. The molecule has 0 aromatic carbocycles. The van der Waals surface area contributed by atoms with Crippen LogP contribution in [0.5, 0.6) is 0 Å². The summed E-state index contributed by atoms with van der Waals surface area (Å²) >= 11 is 0. The van der Waals surface area contributed by atoms with E-state index in [4.69, 9.17) is 9.52 Å². The summed E-state index contributed by atoms with van der Waals surface area (Å²) in [7, 11) is 0. The van der Waals surface area contributed by atoms with Crippen molar-refractivity contribution in [3.05, 3.63) is 23.2 Å². The number of nitrogens with one attached hydrogen (secondary N) is 1. The molecule has 0 aliphatic rings. The molecule has 0 unspecified atom stereocenters. The zero-order valence-corrected chi connectivity index (χ0v) is 12.2. The van der Waals surface area contributed by atoms with E-state index in [9.17, 15) is 9.59 Å². The van der Waals surface area contributed by atoms with Crippen molar-refractivity contribution in [2.45, 2.75) is 52.4 Å². The van der Waals surface area contributed by atoms with Gasteiger partial charge in [-0.15, -0.1) is 0 Å². The number of aliphatic carboxylic acids is 1. The van der Waals surface area contributed by atoms with Crippen LogP contribution in [0.3, 0.4) is 0 Å². The Kier molecular flexibility index (Phi) is 6.84. The third-order valence-corrected chi connectivity index (χ3v) is 3.14. The number of furan rings is 1. The molecule has 1 aromatic heterocycles. The van der Waals surface area contributed by atoms with Crippen molar-refractivity contribution in [1.82, 2.24) is 5.32 Å². The van der Waals surface area contributed by atoms with Gasteiger partial charge in [-0.1, -0.05) is 19.3 Å². The van der Waals surface area contributed by atoms with E-state index in [1.807, 2.05) is 6.92 Å². The SMILES string of the molecule is Cc1cc(C(=O)NCCCCCCCC(=O)O)c(C)o1. The van der Waals surface area contributed by atoms with Crippen molar-refractivity contribution < 1.29 is 19.1 Å². The van der Waals surface area contributed by atoms with Crippen molar-refractivity contribution >= 4 is 11.9 Å². The summed E-state index contributed by atoms with van der Waals surface area (Å²) in [6.07, 6.45) is 4.83. The number of rotatable bonds is 9. The number of hydrogen-bond donors (Lipinski definition) is 2. The first-order valence-electron chi connectivity index (χ1n) is 7.07. The summed E-state index contributed by atoms with van der Waals surface area (Å²) in [5.41, 5.74) is 0.601. The molecule has 0 aliphatic carbocycles. The van der Waals surface area contributed by atoms with E-state index in [0.29, 0.717) is 17.9 Å². The minimum Gasteiger partial charge on any atom is -0.481 e. The normalized spacial score (nSPS) is 10.5. The molecule has 2 N–H and O–H groups in total. The van der Waals surface area contributed by atoms with Crippen molar-refractivity contribution in [1.29, 1.82) is 0 Å². The molecule has 0 saturated heterocycles. The van der Waals surface area contributed by atoms with E-state index in [0.717, 1.165) is 37.9 Å². The molecule has 0 spiro atoms. The zero-order valence-electron chi connectivity index (χ0n) is 12.2. The molecule has 1 rings (SSSR count). The molecule has 5 heteroatoms. The van der Waals surface area contributed by atoms with Gasteiger partial charge in [0.05, 0.1) is 5.56 Å². The van der Waals surface area contributed by atoms with Gasteiger partial charge < -0.3 is 14.8 Å². The lowest BCUT2D eigenvalue weighted by Crippen LogP contribution is -2.24. The van der Waals surface area contributed by atoms with Gasteiger partial charge in [-0.2, -0.15) is 0 Å². The summed E-state index contributed by atoms with van der Waals surface area (Å²) in [6.45, 7) is 4.24. The maximum absolute atomic E-state index is 11.9. The minimum atomic E-state index is -0.733. The second-order valence-electron chi connectivity index (χ2n) is 4.99. The summed E-state index contributed by atoms with van der Waals surface area (Å²) in [6, 6.07) is 1.75. The van der Waals surface area contributed by atoms with Gasteiger partial charge >= 0.3 is 5.97 Å². The Morgan fingerprint density at radius 2 is 1.80 bits per heavy atom. The van der Waals surface area contributed by atoms with E-state index in [-0.39, 0.29) is 12.3 Å². The third-order valence-electron chi connectivity index (χ3n) is 3.14. The first-order chi connectivity index (χ1) is 9.50. The number of unbranched alkanes of at least 4 members (excludes halogenated alkanes) is 4. The van der Waals surface area contributed by atoms with Crippen LogP contribution >= 0.6 is 0 Å². The van der Waals surface area contributed by atoms with Crippen molar-refractivity contribution in [3.8, 4) is 0 Å². The lowest BCUT2D eigenvalue weighted by atomic mass is 10.1. The predicted octanol–water partition coefficient (Wildman–Crippen LogP) is 3.05. The van der Waals surface area contributed by atoms with Crippen LogP contribution in [0.25, 0.3) is 0 Å². The molecule has 5 nitrogen and oxygen atoms in total. The van der Waals surface area contributed by atoms with E-state index in [1.165, 1.54) is 0 Å². The first-order valence-corrected chi connectivity index (χ1v) is 7.07. The maximum atomic E-state index is 11.9. The van der Waals surface area contributed by atoms with Crippen LogP contribution in [-0.4, -0.2) is 23.5 Å². The average Bonchev–Trinajstić information content (AvgIpc) is 2.71. The number of aryl methyl sites for hydroxylation is 2. The van der Waals surface area contributed by atoms with Gasteiger partial charge in [0.1, 0.15) is 11.5 Å². The van der Waals surface area contributed by atoms with Crippen LogP contribution in [0.1, 0.15) is 60.4 Å². The van der Waals surface area contributed by atoms with Crippen LogP contribution in [0.15, 0.2) is 10.5 Å². The number of carboxylic acid groups (broad SMARTS) is 1. The van der Waals surface area contributed by atoms with Crippen LogP contribution in [-0.2, 0) is 4.79 Å². The van der Waals surface area contributed by atoms with Gasteiger partial charge in [0.25, 0.3) is 5.91 Å². The zero-order chi connectivity index (χ0) is 15.0. The van der Waals surface area contributed by atoms with Gasteiger partial charge in [0, 0.05) is 13.0 Å². The van der Waals surface area contributed by atoms with E-state index in [1.54, 1.807) is 13.0 Å². The fourth-order valence-electron chi connectivity index (χ4n) is 2.08. The molecule has 112 valence electrons. The number of carbonyl (C=O) groups excluding carboxylic acids is 1. The molecular formula is C15H23NO4. The van der Waals surface area contributed by atoms with E-state index >= 15 is 0 Å². The highest BCUT2D eigenvalue weighted by atomic mass is 16.4. The molecule has 20 heavy (non-hydrogen) atoms. The molecule has 0 aliphatic heterocycles. The molecular weight excluding hydrogens is 258 g/mol. The van der Waals surface area contributed by atoms with Crippen molar-refractivity contribution in [2.75, 3.05) is 6.54 Å². The highest BCUT2D eigenvalue weighted by Gasteiger charge is 2.12. The van der Waals surface area contributed by atoms with Crippen LogP contribution < -0.4 is 5.32 Å². The van der Waals surface area contributed by atoms with Crippen LogP contribution in [0.2, 0.25) is 0 Å². The lowest BCUT2D eigenvalue weighted by Gasteiger charge is -2.04. The first kappa shape index (κ1) is 16.3. The Morgan fingerprint density at radius 3 is 2.40 bits per heavy atom. The number of carboxylic acids is 1. The number of carbonyl (C=O) groups is 2. The fourth-order valence-corrected chi connectivity index (χ4v) is 2.08. The Labute approximate surface area is 119 Å². The highest BCUT2D eigenvalue weighted by Crippen LogP contribution is 2.13. The summed E-state index contributed by atoms with van der Waals surface area (Å²) in [4.78, 5) is 22.2. The van der Waals surface area contributed by atoms with E-state index in [2.05, 4.69) is 5.32 Å². The summed E-state index contributed by atoms with van der Waals surface area (Å²) in [5, 5.41) is 11.4. The second-order valence-corrected chi connectivity index (χ2v) is 4.99. The van der Waals surface area contributed by atoms with Gasteiger partial charge in [0.15, 0.2) is 0 Å². The highest BCUT2D eigenvalue weighted by molar-refractivity contribution is 5.95. The standard InChI is InChI=1S/C15H23NO4/c1-11-10-13(12(2)20-11)15(19)16-9-7-5-3-4-6-8-14(17)18/h10H,3-9H2,1-2H3,(H,16,19)(H,17,18). The van der Waals surface area contributed by atoms with Gasteiger partial charge in [0.2, 0.25) is 0 Å². The molecule has 0 bridgehead atoms. The molecule has 0 fully saturated rings. The molecule has 1 heterocycles. The molecule has 1 aromatic rings. The Balaban J connectivity index is 2.08. The number of amides is 1. The van der Waals surface area contributed by atoms with Crippen molar-refractivity contribution in [2.24, 2.45) is 0 Å². The topological polar surface area (TPSA) is 79.5 Å². The van der Waals surface area contributed by atoms with E-state index < -0.39 is 5.97 Å². The van der Waals surface area contributed by atoms with Crippen molar-refractivity contribution in [3.63, 3.8) is 0 Å². The minimum absolute atomic E-state index is 0.0924. The number of hydrogen-bond acceptors (Lipinski definition) is 3.